The molecule has 0 amide bonds. The number of nitrogens with zero attached hydrogens (tertiary/aromatic N) is 2. The zero-order chi connectivity index (χ0) is 10.7. The molecule has 3 nitrogen and oxygen atoms in total. The van der Waals surface area contributed by atoms with Crippen molar-refractivity contribution in [2.45, 2.75) is 13.1 Å². The molecule has 0 aliphatic rings. The zero-order valence-corrected chi connectivity index (χ0v) is 8.98. The third kappa shape index (κ3) is 2.37. The Kier molecular flexibility index (Phi) is 3.04. The van der Waals surface area contributed by atoms with Gasteiger partial charge < -0.3 is 5.73 Å². The number of rotatable bonds is 3. The van der Waals surface area contributed by atoms with Crippen molar-refractivity contribution in [3.8, 4) is 0 Å². The summed E-state index contributed by atoms with van der Waals surface area (Å²) in [6.07, 6.45) is 3.66. The van der Waals surface area contributed by atoms with Gasteiger partial charge in [-0.15, -0.1) is 0 Å². The molecule has 1 aromatic heterocycles. The van der Waals surface area contributed by atoms with Gasteiger partial charge in [-0.05, 0) is 23.3 Å². The van der Waals surface area contributed by atoms with Gasteiger partial charge in [0.2, 0.25) is 0 Å². The van der Waals surface area contributed by atoms with Gasteiger partial charge in [0.05, 0.1) is 6.54 Å². The van der Waals surface area contributed by atoms with E-state index in [1.807, 2.05) is 35.1 Å². The highest BCUT2D eigenvalue weighted by Gasteiger charge is 2.02. The average molecular weight is 222 g/mol. The van der Waals surface area contributed by atoms with Crippen LogP contribution in [0.25, 0.3) is 0 Å². The lowest BCUT2D eigenvalue weighted by Crippen LogP contribution is -2.02. The molecule has 1 aromatic carbocycles. The Labute approximate surface area is 93.5 Å². The summed E-state index contributed by atoms with van der Waals surface area (Å²) in [5.74, 6) is 0. The lowest BCUT2D eigenvalue weighted by molar-refractivity contribution is 0.687. The molecule has 0 radical (unpaired) electrons. The molecule has 4 heteroatoms. The fraction of sp³-hybridized carbons (Fsp3) is 0.182. The van der Waals surface area contributed by atoms with Crippen molar-refractivity contribution in [3.05, 3.63) is 52.8 Å². The summed E-state index contributed by atoms with van der Waals surface area (Å²) in [5, 5.41) is 4.87. The number of benzene rings is 1. The first-order chi connectivity index (χ1) is 7.29. The molecule has 0 saturated carbocycles. The van der Waals surface area contributed by atoms with Gasteiger partial charge in [0.15, 0.2) is 0 Å². The molecule has 0 saturated heterocycles. The molecule has 2 rings (SSSR count). The molecule has 0 aliphatic carbocycles. The van der Waals surface area contributed by atoms with E-state index in [0.29, 0.717) is 13.1 Å². The average Bonchev–Trinajstić information content (AvgIpc) is 2.74. The summed E-state index contributed by atoms with van der Waals surface area (Å²) >= 11 is 6.13. The summed E-state index contributed by atoms with van der Waals surface area (Å²) in [6.45, 7) is 1.21. The predicted octanol–water partition coefficient (Wildman–Crippen LogP) is 2.04. The highest BCUT2D eigenvalue weighted by Crippen LogP contribution is 2.18. The lowest BCUT2D eigenvalue weighted by atomic mass is 10.1. The van der Waals surface area contributed by atoms with Crippen LogP contribution in [0.2, 0.25) is 5.02 Å². The molecular formula is C11H12ClN3. The third-order valence-corrected chi connectivity index (χ3v) is 2.60. The number of halogens is 1. The maximum atomic E-state index is 6.13. The van der Waals surface area contributed by atoms with E-state index in [1.165, 1.54) is 0 Å². The molecule has 0 unspecified atom stereocenters. The molecule has 15 heavy (non-hydrogen) atoms. The van der Waals surface area contributed by atoms with Gasteiger partial charge in [0.25, 0.3) is 0 Å². The van der Waals surface area contributed by atoms with Gasteiger partial charge in [0, 0.05) is 24.0 Å². The number of aromatic nitrogens is 2. The molecular weight excluding hydrogens is 210 g/mol. The van der Waals surface area contributed by atoms with Crippen molar-refractivity contribution in [2.24, 2.45) is 5.73 Å². The molecule has 2 aromatic rings. The highest BCUT2D eigenvalue weighted by molar-refractivity contribution is 6.31. The van der Waals surface area contributed by atoms with Crippen molar-refractivity contribution < 1.29 is 0 Å². The summed E-state index contributed by atoms with van der Waals surface area (Å²) in [4.78, 5) is 0. The van der Waals surface area contributed by atoms with E-state index >= 15 is 0 Å². The minimum Gasteiger partial charge on any atom is -0.326 e. The minimum absolute atomic E-state index is 0.516. The first-order valence-corrected chi connectivity index (χ1v) is 5.12. The zero-order valence-electron chi connectivity index (χ0n) is 8.23. The Morgan fingerprint density at radius 1 is 1.40 bits per heavy atom. The van der Waals surface area contributed by atoms with Gasteiger partial charge in [-0.3, -0.25) is 4.68 Å². The van der Waals surface area contributed by atoms with Gasteiger partial charge >= 0.3 is 0 Å². The molecule has 0 spiro atoms. The summed E-state index contributed by atoms with van der Waals surface area (Å²) < 4.78 is 1.84. The van der Waals surface area contributed by atoms with E-state index in [4.69, 9.17) is 17.3 Å². The smallest absolute Gasteiger partial charge is 0.0673 e. The molecule has 2 N–H and O–H groups in total. The third-order valence-electron chi connectivity index (χ3n) is 2.24. The fourth-order valence-electron chi connectivity index (χ4n) is 1.41. The van der Waals surface area contributed by atoms with Gasteiger partial charge in [0.1, 0.15) is 0 Å². The Hall–Kier alpha value is -1.32. The molecule has 1 heterocycles. The molecule has 78 valence electrons. The van der Waals surface area contributed by atoms with Crippen molar-refractivity contribution in [2.75, 3.05) is 0 Å². The maximum absolute atomic E-state index is 6.13. The Bertz CT molecular complexity index is 437. The highest BCUT2D eigenvalue weighted by atomic mass is 35.5. The largest absolute Gasteiger partial charge is 0.326 e. The first kappa shape index (κ1) is 10.2. The SMILES string of the molecule is NCc1ccc(Cn2cccn2)c(Cl)c1. The second-order valence-electron chi connectivity index (χ2n) is 3.33. The second kappa shape index (κ2) is 4.47. The molecule has 0 bridgehead atoms. The summed E-state index contributed by atoms with van der Waals surface area (Å²) in [7, 11) is 0. The Morgan fingerprint density at radius 2 is 2.27 bits per heavy atom. The van der Waals surface area contributed by atoms with Crippen LogP contribution in [0.5, 0.6) is 0 Å². The van der Waals surface area contributed by atoms with Crippen LogP contribution in [0, 0.1) is 0 Å². The van der Waals surface area contributed by atoms with Gasteiger partial charge in [-0.1, -0.05) is 23.7 Å². The topological polar surface area (TPSA) is 43.8 Å². The van der Waals surface area contributed by atoms with E-state index in [0.717, 1.165) is 16.1 Å². The lowest BCUT2D eigenvalue weighted by Gasteiger charge is -2.06. The maximum Gasteiger partial charge on any atom is 0.0673 e. The van der Waals surface area contributed by atoms with Crippen LogP contribution >= 0.6 is 11.6 Å². The van der Waals surface area contributed by atoms with Crippen LogP contribution < -0.4 is 5.73 Å². The van der Waals surface area contributed by atoms with Crippen LogP contribution in [0.3, 0.4) is 0 Å². The Balaban J connectivity index is 2.22. The van der Waals surface area contributed by atoms with Crippen molar-refractivity contribution in [3.63, 3.8) is 0 Å². The first-order valence-electron chi connectivity index (χ1n) is 4.74. The van der Waals surface area contributed by atoms with Gasteiger partial charge in [-0.2, -0.15) is 5.10 Å². The van der Waals surface area contributed by atoms with Crippen molar-refractivity contribution in [1.82, 2.24) is 9.78 Å². The predicted molar refractivity (Wildman–Crippen MR) is 60.7 cm³/mol. The van der Waals surface area contributed by atoms with E-state index in [1.54, 1.807) is 6.20 Å². The minimum atomic E-state index is 0.516. The second-order valence-corrected chi connectivity index (χ2v) is 3.74. The monoisotopic (exact) mass is 221 g/mol. The van der Waals surface area contributed by atoms with Crippen LogP contribution in [-0.2, 0) is 13.1 Å². The number of hydrogen-bond acceptors (Lipinski definition) is 2. The molecule has 0 aliphatic heterocycles. The van der Waals surface area contributed by atoms with Crippen LogP contribution in [0.1, 0.15) is 11.1 Å². The summed E-state index contributed by atoms with van der Waals surface area (Å²) in [5.41, 5.74) is 7.63. The van der Waals surface area contributed by atoms with Crippen LogP contribution in [-0.4, -0.2) is 9.78 Å². The Morgan fingerprint density at radius 3 is 2.87 bits per heavy atom. The van der Waals surface area contributed by atoms with Crippen LogP contribution in [0.15, 0.2) is 36.7 Å². The standard InChI is InChI=1S/C11H12ClN3/c12-11-6-9(7-13)2-3-10(11)8-15-5-1-4-14-15/h1-6H,7-8,13H2. The van der Waals surface area contributed by atoms with E-state index in [2.05, 4.69) is 5.10 Å². The quantitative estimate of drug-likeness (QED) is 0.862. The van der Waals surface area contributed by atoms with Gasteiger partial charge in [-0.25, -0.2) is 0 Å². The summed E-state index contributed by atoms with van der Waals surface area (Å²) in [6, 6.07) is 7.78. The van der Waals surface area contributed by atoms with E-state index < -0.39 is 0 Å². The fourth-order valence-corrected chi connectivity index (χ4v) is 1.68. The number of nitrogens with two attached hydrogens (primary N) is 1. The normalized spacial score (nSPS) is 10.5. The van der Waals surface area contributed by atoms with Crippen molar-refractivity contribution >= 4 is 11.6 Å². The van der Waals surface area contributed by atoms with Crippen LogP contribution in [0.4, 0.5) is 0 Å². The van der Waals surface area contributed by atoms with E-state index in [9.17, 15) is 0 Å². The van der Waals surface area contributed by atoms with E-state index in [-0.39, 0.29) is 0 Å². The van der Waals surface area contributed by atoms with Crippen molar-refractivity contribution in [1.29, 1.82) is 0 Å². The molecule has 0 fully saturated rings. The number of hydrogen-bond donors (Lipinski definition) is 1. The molecule has 0 atom stereocenters.